The number of oxime groups is 1. The number of hydrogen-bond donors (Lipinski definition) is 1. The number of ether oxygens (including phenoxy) is 3. The summed E-state index contributed by atoms with van der Waals surface area (Å²) in [6, 6.07) is 10.7. The fraction of sp³-hybridized carbons (Fsp3) is 0.292. The summed E-state index contributed by atoms with van der Waals surface area (Å²) in [7, 11) is 4.64. The fourth-order valence-corrected chi connectivity index (χ4v) is 4.06. The first-order valence-electron chi connectivity index (χ1n) is 10.4. The van der Waals surface area contributed by atoms with Crippen LogP contribution in [-0.4, -0.2) is 47.6 Å². The first-order valence-corrected chi connectivity index (χ1v) is 10.4. The van der Waals surface area contributed by atoms with Gasteiger partial charge in [-0.3, -0.25) is 4.79 Å². The maximum absolute atomic E-state index is 13.5. The maximum Gasteiger partial charge on any atom is 0.212 e. The van der Waals surface area contributed by atoms with Gasteiger partial charge >= 0.3 is 0 Å². The molecule has 8 nitrogen and oxygen atoms in total. The Hall–Kier alpha value is -3.81. The van der Waals surface area contributed by atoms with Gasteiger partial charge in [-0.05, 0) is 18.6 Å². The van der Waals surface area contributed by atoms with Crippen LogP contribution in [0.5, 0.6) is 17.2 Å². The van der Waals surface area contributed by atoms with Gasteiger partial charge in [-0.1, -0.05) is 42.8 Å². The summed E-state index contributed by atoms with van der Waals surface area (Å²) in [6.07, 6.45) is 1.79. The SMILES string of the molecule is CCCCn1c(-c2cc(OC)c(OC)c(OC)c2)nc2c1C(=O)c1ccccc1/C2=N\O. The second-order valence-electron chi connectivity index (χ2n) is 7.38. The van der Waals surface area contributed by atoms with Gasteiger partial charge in [-0.25, -0.2) is 4.98 Å². The molecule has 1 aliphatic carbocycles. The molecule has 0 saturated carbocycles. The molecule has 3 aromatic rings. The Morgan fingerprint density at radius 1 is 1.03 bits per heavy atom. The molecule has 0 bridgehead atoms. The predicted octanol–water partition coefficient (Wildman–Crippen LogP) is 4.15. The minimum Gasteiger partial charge on any atom is -0.493 e. The number of methoxy groups -OCH3 is 3. The lowest BCUT2D eigenvalue weighted by atomic mass is 9.89. The van der Waals surface area contributed by atoms with Crippen LogP contribution in [-0.2, 0) is 6.54 Å². The Labute approximate surface area is 186 Å². The van der Waals surface area contributed by atoms with Gasteiger partial charge < -0.3 is 24.0 Å². The minimum atomic E-state index is -0.148. The van der Waals surface area contributed by atoms with E-state index < -0.39 is 0 Å². The van der Waals surface area contributed by atoms with Crippen molar-refractivity contribution < 1.29 is 24.2 Å². The molecule has 0 unspecified atom stereocenters. The van der Waals surface area contributed by atoms with Gasteiger partial charge in [0.15, 0.2) is 11.5 Å². The molecule has 166 valence electrons. The fourth-order valence-electron chi connectivity index (χ4n) is 4.06. The lowest BCUT2D eigenvalue weighted by Crippen LogP contribution is -2.24. The first kappa shape index (κ1) is 21.4. The Balaban J connectivity index is 2.00. The van der Waals surface area contributed by atoms with Gasteiger partial charge in [0.25, 0.3) is 0 Å². The normalized spacial score (nSPS) is 13.6. The highest BCUT2D eigenvalue weighted by Crippen LogP contribution is 2.42. The van der Waals surface area contributed by atoms with Gasteiger partial charge in [-0.2, -0.15) is 0 Å². The van der Waals surface area contributed by atoms with Crippen LogP contribution in [0.1, 0.15) is 47.1 Å². The summed E-state index contributed by atoms with van der Waals surface area (Å²) < 4.78 is 18.3. The Morgan fingerprint density at radius 2 is 1.69 bits per heavy atom. The molecule has 8 heteroatoms. The number of carbonyl (C=O) groups excluding carboxylic acids is 1. The van der Waals surface area contributed by atoms with Crippen molar-refractivity contribution in [3.63, 3.8) is 0 Å². The minimum absolute atomic E-state index is 0.148. The molecule has 2 aromatic carbocycles. The Bertz CT molecular complexity index is 1190. The molecule has 1 heterocycles. The van der Waals surface area contributed by atoms with E-state index in [-0.39, 0.29) is 11.5 Å². The van der Waals surface area contributed by atoms with Crippen LogP contribution in [0.15, 0.2) is 41.6 Å². The molecule has 32 heavy (non-hydrogen) atoms. The van der Waals surface area contributed by atoms with Crippen molar-refractivity contribution in [1.29, 1.82) is 0 Å². The van der Waals surface area contributed by atoms with Gasteiger partial charge in [0.05, 0.1) is 21.3 Å². The lowest BCUT2D eigenvalue weighted by Gasteiger charge is -2.18. The molecule has 1 aliphatic rings. The zero-order chi connectivity index (χ0) is 22.8. The number of hydrogen-bond acceptors (Lipinski definition) is 7. The highest BCUT2D eigenvalue weighted by atomic mass is 16.5. The van der Waals surface area contributed by atoms with Gasteiger partial charge in [-0.15, -0.1) is 0 Å². The monoisotopic (exact) mass is 435 g/mol. The zero-order valence-electron chi connectivity index (χ0n) is 18.5. The third-order valence-electron chi connectivity index (χ3n) is 5.59. The maximum atomic E-state index is 13.5. The molecule has 0 aliphatic heterocycles. The molecular formula is C24H25N3O5. The second-order valence-corrected chi connectivity index (χ2v) is 7.38. The molecule has 1 N–H and O–H groups in total. The summed E-state index contributed by atoms with van der Waals surface area (Å²) in [5.74, 6) is 1.85. The number of imidazole rings is 1. The molecule has 0 spiro atoms. The number of aromatic nitrogens is 2. The van der Waals surface area contributed by atoms with Crippen LogP contribution >= 0.6 is 0 Å². The zero-order valence-corrected chi connectivity index (χ0v) is 18.5. The Morgan fingerprint density at radius 3 is 2.25 bits per heavy atom. The largest absolute Gasteiger partial charge is 0.493 e. The van der Waals surface area contributed by atoms with E-state index in [9.17, 15) is 10.0 Å². The van der Waals surface area contributed by atoms with E-state index in [0.29, 0.717) is 57.7 Å². The number of nitrogens with zero attached hydrogens (tertiary/aromatic N) is 3. The standard InChI is InChI=1S/C24H25N3O5/c1-5-6-11-27-21-20(19(26-29)15-9-7-8-10-16(15)22(21)28)25-24(27)14-12-17(30-2)23(32-4)18(13-14)31-3/h7-10,12-13,29H,5-6,11H2,1-4H3/b26-19+. The van der Waals surface area contributed by atoms with Crippen molar-refractivity contribution in [1.82, 2.24) is 9.55 Å². The average molecular weight is 435 g/mol. The van der Waals surface area contributed by atoms with E-state index in [1.807, 2.05) is 4.57 Å². The summed E-state index contributed by atoms with van der Waals surface area (Å²) in [4.78, 5) is 18.3. The van der Waals surface area contributed by atoms with Crippen molar-refractivity contribution in [2.75, 3.05) is 21.3 Å². The highest BCUT2D eigenvalue weighted by molar-refractivity contribution is 6.29. The molecular weight excluding hydrogens is 410 g/mol. The smallest absolute Gasteiger partial charge is 0.212 e. The molecule has 4 rings (SSSR count). The van der Waals surface area contributed by atoms with E-state index >= 15 is 0 Å². The van der Waals surface area contributed by atoms with E-state index in [1.165, 1.54) is 0 Å². The van der Waals surface area contributed by atoms with Crippen molar-refractivity contribution >= 4 is 11.5 Å². The van der Waals surface area contributed by atoms with Gasteiger partial charge in [0.2, 0.25) is 11.5 Å². The summed E-state index contributed by atoms with van der Waals surface area (Å²) in [5, 5.41) is 13.3. The predicted molar refractivity (Wildman–Crippen MR) is 120 cm³/mol. The van der Waals surface area contributed by atoms with E-state index in [4.69, 9.17) is 19.2 Å². The average Bonchev–Trinajstić information content (AvgIpc) is 3.21. The van der Waals surface area contributed by atoms with Crippen LogP contribution in [0.2, 0.25) is 0 Å². The van der Waals surface area contributed by atoms with Crippen molar-refractivity contribution in [3.8, 4) is 28.6 Å². The molecule has 1 aromatic heterocycles. The summed E-state index contributed by atoms with van der Waals surface area (Å²) in [6.45, 7) is 2.66. The third kappa shape index (κ3) is 3.28. The van der Waals surface area contributed by atoms with E-state index in [1.54, 1.807) is 57.7 Å². The lowest BCUT2D eigenvalue weighted by molar-refractivity contribution is 0.102. The topological polar surface area (TPSA) is 95.2 Å². The van der Waals surface area contributed by atoms with Gasteiger partial charge in [0.1, 0.15) is 22.9 Å². The number of rotatable bonds is 7. The van der Waals surface area contributed by atoms with Crippen molar-refractivity contribution in [2.45, 2.75) is 26.3 Å². The summed E-state index contributed by atoms with van der Waals surface area (Å²) in [5.41, 5.74) is 2.79. The van der Waals surface area contributed by atoms with E-state index in [2.05, 4.69) is 12.1 Å². The molecule has 0 saturated heterocycles. The van der Waals surface area contributed by atoms with Crippen molar-refractivity contribution in [3.05, 3.63) is 58.9 Å². The van der Waals surface area contributed by atoms with Gasteiger partial charge in [0, 0.05) is 23.2 Å². The van der Waals surface area contributed by atoms with Crippen LogP contribution < -0.4 is 14.2 Å². The number of benzene rings is 2. The van der Waals surface area contributed by atoms with Crippen LogP contribution in [0.3, 0.4) is 0 Å². The van der Waals surface area contributed by atoms with Crippen LogP contribution in [0.25, 0.3) is 11.4 Å². The third-order valence-corrected chi connectivity index (χ3v) is 5.59. The molecule has 0 atom stereocenters. The molecule has 0 radical (unpaired) electrons. The van der Waals surface area contributed by atoms with Crippen LogP contribution in [0.4, 0.5) is 0 Å². The number of unbranched alkanes of at least 4 members (excludes halogenated alkanes) is 1. The number of carbonyl (C=O) groups is 1. The van der Waals surface area contributed by atoms with Crippen molar-refractivity contribution in [2.24, 2.45) is 5.16 Å². The first-order chi connectivity index (χ1) is 15.6. The number of ketones is 1. The highest BCUT2D eigenvalue weighted by Gasteiger charge is 2.35. The number of fused-ring (bicyclic) bond motifs is 2. The second kappa shape index (κ2) is 8.74. The molecule has 0 fully saturated rings. The van der Waals surface area contributed by atoms with Crippen LogP contribution in [0, 0.1) is 0 Å². The quantitative estimate of drug-likeness (QED) is 0.346. The molecule has 0 amide bonds. The van der Waals surface area contributed by atoms with E-state index in [0.717, 1.165) is 12.8 Å². The Kier molecular flexibility index (Phi) is 5.85. The summed E-state index contributed by atoms with van der Waals surface area (Å²) >= 11 is 0.